The van der Waals surface area contributed by atoms with Crippen molar-refractivity contribution in [1.29, 1.82) is 0 Å². The molecule has 0 bridgehead atoms. The third-order valence-electron chi connectivity index (χ3n) is 2.48. The lowest BCUT2D eigenvalue weighted by molar-refractivity contribution is 0.147. The summed E-state index contributed by atoms with van der Waals surface area (Å²) in [5.41, 5.74) is 1.36. The first kappa shape index (κ1) is 13.6. The largest absolute Gasteiger partial charge is 0.449 e. The van der Waals surface area contributed by atoms with Crippen LogP contribution >= 0.6 is 34.2 Å². The molecule has 0 aliphatic heterocycles. The molecular weight excluding hydrogens is 367 g/mol. The van der Waals surface area contributed by atoms with Gasteiger partial charge >= 0.3 is 6.09 Å². The summed E-state index contributed by atoms with van der Waals surface area (Å²) in [4.78, 5) is 16.1. The van der Waals surface area contributed by atoms with E-state index in [0.29, 0.717) is 17.6 Å². The molecule has 0 fully saturated rings. The van der Waals surface area contributed by atoms with Crippen molar-refractivity contribution in [3.63, 3.8) is 0 Å². The normalized spacial score (nSPS) is 10.8. The van der Waals surface area contributed by atoms with Gasteiger partial charge in [0, 0.05) is 3.57 Å². The Morgan fingerprint density at radius 3 is 3.06 bits per heavy atom. The second kappa shape index (κ2) is 5.88. The topological polar surface area (TPSA) is 44.1 Å². The minimum atomic E-state index is -0.474. The first-order valence-corrected chi connectivity index (χ1v) is 7.09. The van der Waals surface area contributed by atoms with Crippen LogP contribution in [0.2, 0.25) is 5.28 Å². The fraction of sp³-hybridized carbons (Fsp3) is 0.333. The van der Waals surface area contributed by atoms with Crippen molar-refractivity contribution in [3.05, 3.63) is 27.1 Å². The van der Waals surface area contributed by atoms with Crippen molar-refractivity contribution in [3.8, 4) is 0 Å². The van der Waals surface area contributed by atoms with Crippen LogP contribution in [0.4, 0.5) is 4.79 Å². The molecule has 0 unspecified atom stereocenters. The Morgan fingerprint density at radius 2 is 2.33 bits per heavy atom. The van der Waals surface area contributed by atoms with E-state index < -0.39 is 6.09 Å². The van der Waals surface area contributed by atoms with Gasteiger partial charge in [-0.3, -0.25) is 0 Å². The number of hydrogen-bond donors (Lipinski definition) is 0. The molecule has 2 aromatic rings. The monoisotopic (exact) mass is 378 g/mol. The van der Waals surface area contributed by atoms with Crippen molar-refractivity contribution in [2.24, 2.45) is 0 Å². The number of fused-ring (bicyclic) bond motifs is 1. The summed E-state index contributed by atoms with van der Waals surface area (Å²) in [5.74, 6) is 0. The van der Waals surface area contributed by atoms with Crippen molar-refractivity contribution in [1.82, 2.24) is 9.55 Å². The van der Waals surface area contributed by atoms with Gasteiger partial charge in [0.2, 0.25) is 5.28 Å². The molecule has 1 heterocycles. The maximum absolute atomic E-state index is 11.9. The Morgan fingerprint density at radius 1 is 1.56 bits per heavy atom. The molecule has 4 nitrogen and oxygen atoms in total. The Balaban J connectivity index is 2.34. The van der Waals surface area contributed by atoms with Crippen molar-refractivity contribution >= 4 is 51.3 Å². The van der Waals surface area contributed by atoms with E-state index in [1.165, 1.54) is 4.57 Å². The maximum Gasteiger partial charge on any atom is 0.420 e. The third kappa shape index (κ3) is 2.77. The summed E-state index contributed by atoms with van der Waals surface area (Å²) in [6.07, 6.45) is 1.34. The van der Waals surface area contributed by atoms with Gasteiger partial charge in [0.15, 0.2) is 0 Å². The van der Waals surface area contributed by atoms with E-state index >= 15 is 0 Å². The smallest absolute Gasteiger partial charge is 0.420 e. The average molecular weight is 379 g/mol. The molecule has 2 rings (SSSR count). The lowest BCUT2D eigenvalue weighted by Gasteiger charge is -2.05. The first-order valence-electron chi connectivity index (χ1n) is 5.64. The van der Waals surface area contributed by atoms with E-state index in [4.69, 9.17) is 16.3 Å². The summed E-state index contributed by atoms with van der Waals surface area (Å²) in [5, 5.41) is 0.133. The number of carbonyl (C=O) groups is 1. The maximum atomic E-state index is 11.9. The van der Waals surface area contributed by atoms with Crippen LogP contribution in [-0.4, -0.2) is 22.3 Å². The van der Waals surface area contributed by atoms with E-state index in [0.717, 1.165) is 16.4 Å². The number of rotatable bonds is 3. The van der Waals surface area contributed by atoms with Crippen molar-refractivity contribution in [2.75, 3.05) is 6.61 Å². The minimum Gasteiger partial charge on any atom is -0.449 e. The third-order valence-corrected chi connectivity index (χ3v) is 3.41. The van der Waals surface area contributed by atoms with Crippen LogP contribution < -0.4 is 0 Å². The summed E-state index contributed by atoms with van der Waals surface area (Å²) < 4.78 is 7.47. The average Bonchev–Trinajstić information content (AvgIpc) is 2.64. The Hall–Kier alpha value is -0.820. The van der Waals surface area contributed by atoms with Gasteiger partial charge in [-0.1, -0.05) is 13.3 Å². The van der Waals surface area contributed by atoms with Gasteiger partial charge in [-0.2, -0.15) is 0 Å². The highest BCUT2D eigenvalue weighted by molar-refractivity contribution is 14.1. The van der Waals surface area contributed by atoms with Gasteiger partial charge in [-0.25, -0.2) is 14.3 Å². The number of hydrogen-bond acceptors (Lipinski definition) is 3. The number of halogens is 2. The van der Waals surface area contributed by atoms with Gasteiger partial charge in [-0.15, -0.1) is 0 Å². The van der Waals surface area contributed by atoms with Gasteiger partial charge in [0.05, 0.1) is 17.6 Å². The summed E-state index contributed by atoms with van der Waals surface area (Å²) >= 11 is 8.15. The van der Waals surface area contributed by atoms with Crippen LogP contribution in [0.3, 0.4) is 0 Å². The molecule has 0 N–H and O–H groups in total. The quantitative estimate of drug-likeness (QED) is 0.597. The molecule has 96 valence electrons. The van der Waals surface area contributed by atoms with Crippen molar-refractivity contribution < 1.29 is 9.53 Å². The Kier molecular flexibility index (Phi) is 4.45. The van der Waals surface area contributed by atoms with Crippen molar-refractivity contribution in [2.45, 2.75) is 19.8 Å². The molecule has 18 heavy (non-hydrogen) atoms. The molecule has 0 aliphatic rings. The molecule has 1 aromatic heterocycles. The molecule has 0 spiro atoms. The van der Waals surface area contributed by atoms with Crippen LogP contribution in [0.5, 0.6) is 0 Å². The summed E-state index contributed by atoms with van der Waals surface area (Å²) in [6, 6.07) is 5.60. The predicted octanol–water partition coefficient (Wildman–Crippen LogP) is 4.08. The van der Waals surface area contributed by atoms with Crippen LogP contribution in [-0.2, 0) is 4.74 Å². The predicted molar refractivity (Wildman–Crippen MR) is 79.1 cm³/mol. The highest BCUT2D eigenvalue weighted by Gasteiger charge is 2.16. The minimum absolute atomic E-state index is 0.133. The van der Waals surface area contributed by atoms with Crippen LogP contribution in [0, 0.1) is 3.57 Å². The number of ether oxygens (including phenoxy) is 1. The number of unbranched alkanes of at least 4 members (excludes halogenated alkanes) is 1. The molecule has 0 saturated heterocycles. The highest BCUT2D eigenvalue weighted by atomic mass is 127. The lowest BCUT2D eigenvalue weighted by Crippen LogP contribution is -2.14. The zero-order chi connectivity index (χ0) is 13.1. The number of aromatic nitrogens is 2. The zero-order valence-electron chi connectivity index (χ0n) is 9.82. The number of nitrogens with zero attached hydrogens (tertiary/aromatic N) is 2. The molecule has 0 aliphatic carbocycles. The van der Waals surface area contributed by atoms with E-state index in [-0.39, 0.29) is 5.28 Å². The summed E-state index contributed by atoms with van der Waals surface area (Å²) in [6.45, 7) is 2.44. The van der Waals surface area contributed by atoms with Gasteiger partial charge in [0.25, 0.3) is 0 Å². The molecule has 0 amide bonds. The highest BCUT2D eigenvalue weighted by Crippen LogP contribution is 2.22. The van der Waals surface area contributed by atoms with Gasteiger partial charge in [0.1, 0.15) is 0 Å². The second-order valence-corrected chi connectivity index (χ2v) is 5.40. The number of benzene rings is 1. The fourth-order valence-corrected chi connectivity index (χ4v) is 2.29. The fourth-order valence-electron chi connectivity index (χ4n) is 1.56. The van der Waals surface area contributed by atoms with Crippen LogP contribution in [0.15, 0.2) is 18.2 Å². The van der Waals surface area contributed by atoms with Crippen LogP contribution in [0.1, 0.15) is 19.8 Å². The van der Waals surface area contributed by atoms with E-state index in [2.05, 4.69) is 27.6 Å². The van der Waals surface area contributed by atoms with E-state index in [1.54, 1.807) is 0 Å². The zero-order valence-corrected chi connectivity index (χ0v) is 12.7. The first-order chi connectivity index (χ1) is 8.63. The molecule has 0 saturated carbocycles. The Bertz CT molecular complexity index is 583. The van der Waals surface area contributed by atoms with E-state index in [1.807, 2.05) is 25.1 Å². The lowest BCUT2D eigenvalue weighted by atomic mass is 10.3. The summed E-state index contributed by atoms with van der Waals surface area (Å²) in [7, 11) is 0. The molecule has 6 heteroatoms. The Labute approximate surface area is 123 Å². The molecule has 0 radical (unpaired) electrons. The SMILES string of the molecule is CCCCOC(=O)n1c(Cl)nc2ccc(I)cc21. The van der Waals surface area contributed by atoms with Crippen LogP contribution in [0.25, 0.3) is 11.0 Å². The number of imidazole rings is 1. The number of carbonyl (C=O) groups excluding carboxylic acids is 1. The molecule has 1 aromatic carbocycles. The molecular formula is C12H12ClIN2O2. The van der Waals surface area contributed by atoms with Gasteiger partial charge in [-0.05, 0) is 58.8 Å². The molecule has 0 atom stereocenters. The second-order valence-electron chi connectivity index (χ2n) is 3.82. The standard InChI is InChI=1S/C12H12ClIN2O2/c1-2-3-6-18-12(17)16-10-7-8(14)4-5-9(10)15-11(16)13/h4-5,7H,2-3,6H2,1H3. The van der Waals surface area contributed by atoms with E-state index in [9.17, 15) is 4.79 Å². The van der Waals surface area contributed by atoms with Gasteiger partial charge < -0.3 is 4.74 Å².